The van der Waals surface area contributed by atoms with Gasteiger partial charge >= 0.3 is 6.03 Å². The number of rotatable bonds is 7. The monoisotopic (exact) mass is 300 g/mol. The van der Waals surface area contributed by atoms with E-state index in [1.807, 2.05) is 48.1 Å². The first kappa shape index (κ1) is 16.1. The van der Waals surface area contributed by atoms with Crippen LogP contribution >= 0.6 is 0 Å². The van der Waals surface area contributed by atoms with E-state index >= 15 is 0 Å². The Morgan fingerprint density at radius 2 is 2.05 bits per heavy atom. The summed E-state index contributed by atoms with van der Waals surface area (Å²) in [5, 5.41) is 5.93. The molecular weight excluding hydrogens is 276 g/mol. The fourth-order valence-corrected chi connectivity index (χ4v) is 2.36. The maximum absolute atomic E-state index is 12.1. The predicted molar refractivity (Wildman–Crippen MR) is 87.6 cm³/mol. The predicted octanol–water partition coefficient (Wildman–Crippen LogP) is 3.00. The first-order valence-corrected chi connectivity index (χ1v) is 7.79. The van der Waals surface area contributed by atoms with E-state index in [0.717, 1.165) is 30.7 Å². The Morgan fingerprint density at radius 3 is 2.68 bits per heavy atom. The molecule has 1 unspecified atom stereocenters. The highest BCUT2D eigenvalue weighted by molar-refractivity contribution is 5.74. The zero-order valence-electron chi connectivity index (χ0n) is 13.2. The van der Waals surface area contributed by atoms with Gasteiger partial charge in [-0.1, -0.05) is 50.1 Å². The van der Waals surface area contributed by atoms with Crippen LogP contribution in [0.3, 0.4) is 0 Å². The molecule has 0 aliphatic carbocycles. The van der Waals surface area contributed by atoms with Gasteiger partial charge < -0.3 is 15.2 Å². The number of benzene rings is 1. The minimum Gasteiger partial charge on any atom is -0.338 e. The summed E-state index contributed by atoms with van der Waals surface area (Å²) in [4.78, 5) is 16.5. The normalized spacial score (nSPS) is 11.9. The molecule has 0 aliphatic rings. The first-order valence-electron chi connectivity index (χ1n) is 7.79. The summed E-state index contributed by atoms with van der Waals surface area (Å²) >= 11 is 0. The molecule has 2 amide bonds. The van der Waals surface area contributed by atoms with Crippen molar-refractivity contribution in [3.8, 4) is 0 Å². The highest BCUT2D eigenvalue weighted by Crippen LogP contribution is 2.19. The van der Waals surface area contributed by atoms with E-state index in [1.54, 1.807) is 6.20 Å². The second-order valence-corrected chi connectivity index (χ2v) is 5.35. The van der Waals surface area contributed by atoms with Crippen LogP contribution in [0.5, 0.6) is 0 Å². The lowest BCUT2D eigenvalue weighted by Crippen LogP contribution is -2.39. The van der Waals surface area contributed by atoms with Gasteiger partial charge in [0, 0.05) is 26.0 Å². The van der Waals surface area contributed by atoms with E-state index in [1.165, 1.54) is 0 Å². The van der Waals surface area contributed by atoms with Crippen LogP contribution in [-0.2, 0) is 7.05 Å². The summed E-state index contributed by atoms with van der Waals surface area (Å²) in [6.45, 7) is 2.84. The fraction of sp³-hybridized carbons (Fsp3) is 0.412. The second-order valence-electron chi connectivity index (χ2n) is 5.35. The van der Waals surface area contributed by atoms with E-state index in [4.69, 9.17) is 0 Å². The van der Waals surface area contributed by atoms with Crippen molar-refractivity contribution in [2.24, 2.45) is 7.05 Å². The van der Waals surface area contributed by atoms with Gasteiger partial charge in [0.15, 0.2) is 0 Å². The van der Waals surface area contributed by atoms with Gasteiger partial charge in [0.1, 0.15) is 11.9 Å². The molecule has 0 radical (unpaired) electrons. The minimum absolute atomic E-state index is 0.159. The number of unbranched alkanes of at least 4 members (excludes halogenated alkanes) is 2. The van der Waals surface area contributed by atoms with Crippen molar-refractivity contribution >= 4 is 6.03 Å². The molecule has 0 saturated heterocycles. The summed E-state index contributed by atoms with van der Waals surface area (Å²) in [7, 11) is 1.93. The largest absolute Gasteiger partial charge is 0.338 e. The van der Waals surface area contributed by atoms with Crippen molar-refractivity contribution in [2.45, 2.75) is 32.2 Å². The molecule has 1 aromatic heterocycles. The lowest BCUT2D eigenvalue weighted by Gasteiger charge is -2.19. The summed E-state index contributed by atoms with van der Waals surface area (Å²) in [5.74, 6) is 0.815. The highest BCUT2D eigenvalue weighted by Gasteiger charge is 2.20. The first-order chi connectivity index (χ1) is 10.7. The van der Waals surface area contributed by atoms with Crippen LogP contribution in [0.15, 0.2) is 42.7 Å². The van der Waals surface area contributed by atoms with Gasteiger partial charge in [-0.25, -0.2) is 9.78 Å². The van der Waals surface area contributed by atoms with Crippen molar-refractivity contribution in [3.63, 3.8) is 0 Å². The van der Waals surface area contributed by atoms with Crippen LogP contribution in [0.25, 0.3) is 0 Å². The van der Waals surface area contributed by atoms with Crippen LogP contribution in [0.2, 0.25) is 0 Å². The third kappa shape index (κ3) is 4.35. The standard InChI is InChI=1S/C17H24N4O/c1-3-4-8-11-19-17(22)20-15(14-9-6-5-7-10-14)16-18-12-13-21(16)2/h5-7,9-10,12-13,15H,3-4,8,11H2,1-2H3,(H2,19,20,22). The van der Waals surface area contributed by atoms with Gasteiger partial charge in [0.05, 0.1) is 0 Å². The summed E-state index contributed by atoms with van der Waals surface area (Å²) in [6, 6.07) is 9.47. The Labute approximate surface area is 131 Å². The Morgan fingerprint density at radius 1 is 1.27 bits per heavy atom. The third-order valence-corrected chi connectivity index (χ3v) is 3.59. The Balaban J connectivity index is 2.06. The van der Waals surface area contributed by atoms with Crippen molar-refractivity contribution in [3.05, 3.63) is 54.1 Å². The molecule has 5 heteroatoms. The third-order valence-electron chi connectivity index (χ3n) is 3.59. The number of nitrogens with zero attached hydrogens (tertiary/aromatic N) is 2. The summed E-state index contributed by atoms with van der Waals surface area (Å²) < 4.78 is 1.93. The van der Waals surface area contributed by atoms with E-state index in [9.17, 15) is 4.79 Å². The van der Waals surface area contributed by atoms with Gasteiger partial charge in [-0.2, -0.15) is 0 Å². The van der Waals surface area contributed by atoms with Crippen LogP contribution in [-0.4, -0.2) is 22.1 Å². The molecule has 0 aliphatic heterocycles. The molecule has 2 aromatic rings. The maximum Gasteiger partial charge on any atom is 0.315 e. The van der Waals surface area contributed by atoms with Crippen LogP contribution in [0.1, 0.15) is 43.6 Å². The van der Waals surface area contributed by atoms with Gasteiger partial charge in [-0.3, -0.25) is 0 Å². The van der Waals surface area contributed by atoms with Crippen LogP contribution < -0.4 is 10.6 Å². The molecule has 0 spiro atoms. The van der Waals surface area contributed by atoms with E-state index in [2.05, 4.69) is 22.5 Å². The topological polar surface area (TPSA) is 59.0 Å². The van der Waals surface area contributed by atoms with Gasteiger partial charge in [-0.05, 0) is 12.0 Å². The second kappa shape index (κ2) is 8.22. The molecule has 0 saturated carbocycles. The number of hydrogen-bond acceptors (Lipinski definition) is 2. The lowest BCUT2D eigenvalue weighted by atomic mass is 10.1. The summed E-state index contributed by atoms with van der Waals surface area (Å²) in [6.07, 6.45) is 6.89. The SMILES string of the molecule is CCCCCNC(=O)NC(c1ccccc1)c1nccn1C. The smallest absolute Gasteiger partial charge is 0.315 e. The van der Waals surface area contributed by atoms with Crippen LogP contribution in [0, 0.1) is 0 Å². The number of carbonyl (C=O) groups excluding carboxylic acids is 1. The number of urea groups is 1. The number of carbonyl (C=O) groups is 1. The lowest BCUT2D eigenvalue weighted by molar-refractivity contribution is 0.238. The van der Waals surface area contributed by atoms with Gasteiger partial charge in [0.2, 0.25) is 0 Å². The number of nitrogens with one attached hydrogen (secondary N) is 2. The van der Waals surface area contributed by atoms with Crippen molar-refractivity contribution in [1.82, 2.24) is 20.2 Å². The summed E-state index contributed by atoms with van der Waals surface area (Å²) in [5.41, 5.74) is 1.01. The maximum atomic E-state index is 12.1. The molecule has 2 rings (SSSR count). The number of hydrogen-bond donors (Lipinski definition) is 2. The molecule has 0 fully saturated rings. The number of aryl methyl sites for hydroxylation is 1. The van der Waals surface area contributed by atoms with Crippen LogP contribution in [0.4, 0.5) is 4.79 Å². The Hall–Kier alpha value is -2.30. The molecule has 2 N–H and O–H groups in total. The Bertz CT molecular complexity index is 579. The number of aromatic nitrogens is 2. The highest BCUT2D eigenvalue weighted by atomic mass is 16.2. The fourth-order valence-electron chi connectivity index (χ4n) is 2.36. The van der Waals surface area contributed by atoms with Crippen molar-refractivity contribution in [2.75, 3.05) is 6.54 Å². The zero-order valence-corrected chi connectivity index (χ0v) is 13.2. The van der Waals surface area contributed by atoms with Gasteiger partial charge in [-0.15, -0.1) is 0 Å². The molecule has 22 heavy (non-hydrogen) atoms. The minimum atomic E-state index is -0.257. The van der Waals surface area contributed by atoms with E-state index < -0.39 is 0 Å². The molecule has 0 bridgehead atoms. The van der Waals surface area contributed by atoms with Crippen molar-refractivity contribution < 1.29 is 4.79 Å². The number of amides is 2. The van der Waals surface area contributed by atoms with Gasteiger partial charge in [0.25, 0.3) is 0 Å². The quantitative estimate of drug-likeness (QED) is 0.772. The molecule has 1 aromatic carbocycles. The molecule has 1 atom stereocenters. The molecule has 118 valence electrons. The molecular formula is C17H24N4O. The molecule has 5 nitrogen and oxygen atoms in total. The zero-order chi connectivity index (χ0) is 15.8. The number of imidazole rings is 1. The average Bonchev–Trinajstić information content (AvgIpc) is 2.96. The van der Waals surface area contributed by atoms with E-state index in [0.29, 0.717) is 6.54 Å². The average molecular weight is 300 g/mol. The molecule has 1 heterocycles. The Kier molecular flexibility index (Phi) is 6.01. The van der Waals surface area contributed by atoms with E-state index in [-0.39, 0.29) is 12.1 Å². The van der Waals surface area contributed by atoms with Crippen molar-refractivity contribution in [1.29, 1.82) is 0 Å².